The molecule has 4 rings (SSSR count). The molecular weight excluding hydrogens is 328 g/mol. The highest BCUT2D eigenvalue weighted by atomic mass is 16.1. The van der Waals surface area contributed by atoms with Gasteiger partial charge in [-0.15, -0.1) is 0 Å². The fourth-order valence-corrected chi connectivity index (χ4v) is 3.52. The predicted molar refractivity (Wildman–Crippen MR) is 100 cm³/mol. The third-order valence-electron chi connectivity index (χ3n) is 5.05. The summed E-state index contributed by atoms with van der Waals surface area (Å²) in [4.78, 5) is 19.2. The number of hydrogen-bond donors (Lipinski definition) is 2. The average Bonchev–Trinajstić information content (AvgIpc) is 3.41. The molecule has 7 heteroatoms. The van der Waals surface area contributed by atoms with Crippen LogP contribution in [0.15, 0.2) is 36.7 Å². The Hall–Kier alpha value is -2.67. The highest BCUT2D eigenvalue weighted by Crippen LogP contribution is 2.14. The van der Waals surface area contributed by atoms with Crippen LogP contribution in [0, 0.1) is 0 Å². The fraction of sp³-hybridized carbons (Fsp3) is 0.421. The van der Waals surface area contributed by atoms with Gasteiger partial charge in [-0.3, -0.25) is 14.8 Å². The largest absolute Gasteiger partial charge is 0.349 e. The SMILES string of the molecule is C[C@H](CNC(=O)c1cc(Cn2cnc3ccccc32)[nH]n1)N1CCCC1. The molecule has 0 bridgehead atoms. The van der Waals surface area contributed by atoms with Crippen LogP contribution in [-0.2, 0) is 6.54 Å². The molecule has 0 spiro atoms. The van der Waals surface area contributed by atoms with E-state index < -0.39 is 0 Å². The predicted octanol–water partition coefficient (Wildman–Crippen LogP) is 2.02. The molecule has 26 heavy (non-hydrogen) atoms. The second-order valence-electron chi connectivity index (χ2n) is 6.94. The van der Waals surface area contributed by atoms with Crippen molar-refractivity contribution in [3.63, 3.8) is 0 Å². The molecule has 2 N–H and O–H groups in total. The number of carbonyl (C=O) groups excluding carboxylic acids is 1. The zero-order valence-corrected chi connectivity index (χ0v) is 15.0. The first kappa shape index (κ1) is 16.8. The second-order valence-corrected chi connectivity index (χ2v) is 6.94. The van der Waals surface area contributed by atoms with Crippen LogP contribution < -0.4 is 5.32 Å². The smallest absolute Gasteiger partial charge is 0.271 e. The first-order chi connectivity index (χ1) is 12.7. The summed E-state index contributed by atoms with van der Waals surface area (Å²) in [7, 11) is 0. The number of aromatic nitrogens is 4. The third kappa shape index (κ3) is 3.48. The average molecular weight is 352 g/mol. The maximum absolute atomic E-state index is 12.4. The van der Waals surface area contributed by atoms with Gasteiger partial charge in [0.05, 0.1) is 29.6 Å². The van der Waals surface area contributed by atoms with E-state index in [0.29, 0.717) is 24.8 Å². The number of nitrogens with zero attached hydrogens (tertiary/aromatic N) is 4. The van der Waals surface area contributed by atoms with Crippen molar-refractivity contribution in [2.24, 2.45) is 0 Å². The maximum atomic E-state index is 12.4. The number of rotatable bonds is 6. The van der Waals surface area contributed by atoms with E-state index in [1.807, 2.05) is 41.2 Å². The molecular formula is C19H24N6O. The second kappa shape index (κ2) is 7.29. The number of imidazole rings is 1. The van der Waals surface area contributed by atoms with Crippen molar-refractivity contribution in [2.75, 3.05) is 19.6 Å². The molecule has 1 atom stereocenters. The number of fused-ring (bicyclic) bond motifs is 1. The van der Waals surface area contributed by atoms with Gasteiger partial charge in [0.15, 0.2) is 0 Å². The first-order valence-corrected chi connectivity index (χ1v) is 9.17. The van der Waals surface area contributed by atoms with Crippen molar-refractivity contribution in [3.05, 3.63) is 48.0 Å². The molecule has 1 fully saturated rings. The normalized spacial score (nSPS) is 16.2. The minimum absolute atomic E-state index is 0.131. The number of benzene rings is 1. The summed E-state index contributed by atoms with van der Waals surface area (Å²) in [6.07, 6.45) is 4.32. The molecule has 1 amide bonds. The fourth-order valence-electron chi connectivity index (χ4n) is 3.52. The standard InChI is InChI=1S/C19H24N6O/c1-14(24-8-4-5-9-24)11-20-19(26)17-10-15(22-23-17)12-25-13-21-16-6-2-3-7-18(16)25/h2-3,6-7,10,13-14H,4-5,8-9,11-12H2,1H3,(H,20,26)(H,22,23)/t14-/m1/s1. The lowest BCUT2D eigenvalue weighted by atomic mass is 10.2. The summed E-state index contributed by atoms with van der Waals surface area (Å²) >= 11 is 0. The Bertz CT molecular complexity index is 892. The number of para-hydroxylation sites is 2. The molecule has 7 nitrogen and oxygen atoms in total. The monoisotopic (exact) mass is 352 g/mol. The molecule has 0 aliphatic carbocycles. The van der Waals surface area contributed by atoms with Crippen LogP contribution in [0.2, 0.25) is 0 Å². The summed E-state index contributed by atoms with van der Waals surface area (Å²) in [5.74, 6) is -0.131. The minimum atomic E-state index is -0.131. The maximum Gasteiger partial charge on any atom is 0.271 e. The molecule has 136 valence electrons. The number of H-pyrrole nitrogens is 1. The summed E-state index contributed by atoms with van der Waals surface area (Å²) in [5, 5.41) is 10.1. The van der Waals surface area contributed by atoms with Crippen molar-refractivity contribution in [1.29, 1.82) is 0 Å². The van der Waals surface area contributed by atoms with Crippen molar-refractivity contribution in [1.82, 2.24) is 30.0 Å². The number of carbonyl (C=O) groups is 1. The van der Waals surface area contributed by atoms with Crippen molar-refractivity contribution in [2.45, 2.75) is 32.4 Å². The summed E-state index contributed by atoms with van der Waals surface area (Å²) in [6.45, 7) is 5.66. The van der Waals surface area contributed by atoms with Crippen LogP contribution in [0.1, 0.15) is 35.9 Å². The lowest BCUT2D eigenvalue weighted by Crippen LogP contribution is -2.40. The van der Waals surface area contributed by atoms with Gasteiger partial charge in [0.25, 0.3) is 5.91 Å². The lowest BCUT2D eigenvalue weighted by molar-refractivity contribution is 0.0935. The van der Waals surface area contributed by atoms with Gasteiger partial charge in [0, 0.05) is 12.6 Å². The minimum Gasteiger partial charge on any atom is -0.349 e. The van der Waals surface area contributed by atoms with Crippen LogP contribution in [0.3, 0.4) is 0 Å². The third-order valence-corrected chi connectivity index (χ3v) is 5.05. The van der Waals surface area contributed by atoms with E-state index in [1.165, 1.54) is 12.8 Å². The van der Waals surface area contributed by atoms with Gasteiger partial charge >= 0.3 is 0 Å². The molecule has 3 heterocycles. The zero-order chi connectivity index (χ0) is 17.9. The van der Waals surface area contributed by atoms with Crippen molar-refractivity contribution < 1.29 is 4.79 Å². The van der Waals surface area contributed by atoms with Crippen molar-refractivity contribution in [3.8, 4) is 0 Å². The Morgan fingerprint density at radius 2 is 2.12 bits per heavy atom. The van der Waals surface area contributed by atoms with E-state index in [0.717, 1.165) is 29.8 Å². The Labute approximate surface area is 152 Å². The molecule has 1 saturated heterocycles. The molecule has 0 unspecified atom stereocenters. The van der Waals surface area contributed by atoms with E-state index in [1.54, 1.807) is 0 Å². The number of aromatic amines is 1. The van der Waals surface area contributed by atoms with Gasteiger partial charge in [0.2, 0.25) is 0 Å². The highest BCUT2D eigenvalue weighted by Gasteiger charge is 2.19. The Morgan fingerprint density at radius 1 is 1.31 bits per heavy atom. The number of amides is 1. The summed E-state index contributed by atoms with van der Waals surface area (Å²) in [5.41, 5.74) is 3.33. The van der Waals surface area contributed by atoms with E-state index in [9.17, 15) is 4.79 Å². The van der Waals surface area contributed by atoms with E-state index in [4.69, 9.17) is 0 Å². The van der Waals surface area contributed by atoms with E-state index >= 15 is 0 Å². The van der Waals surface area contributed by atoms with Gasteiger partial charge in [-0.05, 0) is 51.1 Å². The van der Waals surface area contributed by atoms with E-state index in [2.05, 4.69) is 32.3 Å². The number of nitrogens with one attached hydrogen (secondary N) is 2. The van der Waals surface area contributed by atoms with Gasteiger partial charge in [0.1, 0.15) is 5.69 Å². The van der Waals surface area contributed by atoms with Gasteiger partial charge in [-0.2, -0.15) is 5.10 Å². The van der Waals surface area contributed by atoms with Gasteiger partial charge in [-0.25, -0.2) is 4.98 Å². The lowest BCUT2D eigenvalue weighted by Gasteiger charge is -2.23. The van der Waals surface area contributed by atoms with Crippen LogP contribution in [0.5, 0.6) is 0 Å². The Kier molecular flexibility index (Phi) is 4.71. The quantitative estimate of drug-likeness (QED) is 0.711. The van der Waals surface area contributed by atoms with E-state index in [-0.39, 0.29) is 5.91 Å². The van der Waals surface area contributed by atoms with Gasteiger partial charge < -0.3 is 9.88 Å². The zero-order valence-electron chi connectivity index (χ0n) is 15.0. The number of likely N-dealkylation sites (tertiary alicyclic amines) is 1. The molecule has 3 aromatic rings. The molecule has 1 aliphatic rings. The van der Waals surface area contributed by atoms with Crippen LogP contribution >= 0.6 is 0 Å². The molecule has 1 aromatic carbocycles. The topological polar surface area (TPSA) is 78.8 Å². The first-order valence-electron chi connectivity index (χ1n) is 9.17. The highest BCUT2D eigenvalue weighted by molar-refractivity contribution is 5.92. The van der Waals surface area contributed by atoms with Crippen LogP contribution in [0.25, 0.3) is 11.0 Å². The Morgan fingerprint density at radius 3 is 2.96 bits per heavy atom. The van der Waals surface area contributed by atoms with Gasteiger partial charge in [-0.1, -0.05) is 12.1 Å². The van der Waals surface area contributed by atoms with Crippen LogP contribution in [-0.4, -0.2) is 56.2 Å². The van der Waals surface area contributed by atoms with Crippen LogP contribution in [0.4, 0.5) is 0 Å². The molecule has 2 aromatic heterocycles. The van der Waals surface area contributed by atoms with Crippen molar-refractivity contribution >= 4 is 16.9 Å². The molecule has 1 aliphatic heterocycles. The molecule has 0 saturated carbocycles. The summed E-state index contributed by atoms with van der Waals surface area (Å²) < 4.78 is 2.04. The number of hydrogen-bond acceptors (Lipinski definition) is 4. The summed E-state index contributed by atoms with van der Waals surface area (Å²) in [6, 6.07) is 10.2. The Balaban J connectivity index is 1.37. The molecule has 0 radical (unpaired) electrons.